The third-order valence-electron chi connectivity index (χ3n) is 3.51. The molecule has 0 bridgehead atoms. The van der Waals surface area contributed by atoms with Crippen molar-refractivity contribution in [3.05, 3.63) is 42.0 Å². The summed E-state index contributed by atoms with van der Waals surface area (Å²) in [6.45, 7) is -0.351. The van der Waals surface area contributed by atoms with Crippen LogP contribution in [0.2, 0.25) is 0 Å². The van der Waals surface area contributed by atoms with Crippen LogP contribution in [0.25, 0.3) is 11.4 Å². The first kappa shape index (κ1) is 19.4. The van der Waals surface area contributed by atoms with Crippen LogP contribution in [0.15, 0.2) is 44.4 Å². The molecule has 0 aliphatic heterocycles. The van der Waals surface area contributed by atoms with E-state index in [0.717, 1.165) is 12.1 Å². The summed E-state index contributed by atoms with van der Waals surface area (Å²) in [6, 6.07) is 7.23. The van der Waals surface area contributed by atoms with Crippen molar-refractivity contribution in [3.63, 3.8) is 0 Å². The number of aromatic nitrogens is 2. The summed E-state index contributed by atoms with van der Waals surface area (Å²) in [5.74, 6) is 0.0436. The number of carbonyl (C=O) groups excluding carboxylic acids is 1. The zero-order valence-electron chi connectivity index (χ0n) is 14.7. The number of hydrogen-bond acceptors (Lipinski definition) is 10. The van der Waals surface area contributed by atoms with Crippen LogP contribution in [0.1, 0.15) is 16.4 Å². The van der Waals surface area contributed by atoms with Crippen LogP contribution in [0.3, 0.4) is 0 Å². The molecule has 0 radical (unpaired) electrons. The zero-order chi connectivity index (χ0) is 20.3. The van der Waals surface area contributed by atoms with Gasteiger partial charge in [0.1, 0.15) is 11.5 Å². The lowest BCUT2D eigenvalue weighted by atomic mass is 10.2. The lowest BCUT2D eigenvalue weighted by Crippen LogP contribution is -2.11. The number of nitrogens with zero attached hydrogens (tertiary/aromatic N) is 2. The highest BCUT2D eigenvalue weighted by molar-refractivity contribution is 7.89. The van der Waals surface area contributed by atoms with Gasteiger partial charge in [-0.25, -0.2) is 18.4 Å². The Morgan fingerprint density at radius 2 is 1.96 bits per heavy atom. The average Bonchev–Trinajstić information content (AvgIpc) is 3.35. The monoisotopic (exact) mass is 409 g/mol. The molecule has 148 valence electrons. The number of ether oxygens (including phenoxy) is 3. The number of furan rings is 1. The quantitative estimate of drug-likeness (QED) is 0.565. The maximum absolute atomic E-state index is 11.9. The number of esters is 1. The summed E-state index contributed by atoms with van der Waals surface area (Å²) in [5, 5.41) is 8.18. The highest BCUT2D eigenvalue weighted by Crippen LogP contribution is 2.31. The van der Waals surface area contributed by atoms with Gasteiger partial charge >= 0.3 is 5.97 Å². The number of carbonyl (C=O) groups is 1. The van der Waals surface area contributed by atoms with Crippen molar-refractivity contribution in [2.24, 2.45) is 5.14 Å². The van der Waals surface area contributed by atoms with Gasteiger partial charge in [0, 0.05) is 6.07 Å². The highest BCUT2D eigenvalue weighted by atomic mass is 32.2. The highest BCUT2D eigenvalue weighted by Gasteiger charge is 2.20. The Morgan fingerprint density at radius 3 is 2.61 bits per heavy atom. The zero-order valence-corrected chi connectivity index (χ0v) is 15.6. The topological polar surface area (TPSA) is 157 Å². The maximum Gasteiger partial charge on any atom is 0.374 e. The second-order valence-electron chi connectivity index (χ2n) is 5.32. The summed E-state index contributed by atoms with van der Waals surface area (Å²) in [5.41, 5.74) is 0.549. The molecule has 28 heavy (non-hydrogen) atoms. The maximum atomic E-state index is 11.9. The van der Waals surface area contributed by atoms with Gasteiger partial charge in [-0.15, -0.1) is 0 Å². The number of nitrogens with two attached hydrogens (primary N) is 1. The smallest absolute Gasteiger partial charge is 0.374 e. The van der Waals surface area contributed by atoms with E-state index in [1.54, 1.807) is 18.2 Å². The molecule has 3 aromatic rings. The number of sulfonamides is 1. The van der Waals surface area contributed by atoms with Crippen molar-refractivity contribution in [2.75, 3.05) is 14.2 Å². The van der Waals surface area contributed by atoms with Gasteiger partial charge in [0.25, 0.3) is 15.9 Å². The predicted octanol–water partition coefficient (Wildman–Crippen LogP) is 1.35. The van der Waals surface area contributed by atoms with Crippen molar-refractivity contribution >= 4 is 16.0 Å². The summed E-state index contributed by atoms with van der Waals surface area (Å²) in [4.78, 5) is 16.1. The molecular formula is C16H15N3O8S. The Labute approximate surface area is 159 Å². The van der Waals surface area contributed by atoms with Crippen molar-refractivity contribution in [1.29, 1.82) is 0 Å². The first-order chi connectivity index (χ1) is 13.3. The van der Waals surface area contributed by atoms with Gasteiger partial charge in [0.15, 0.2) is 6.61 Å². The van der Waals surface area contributed by atoms with Crippen LogP contribution in [0.5, 0.6) is 11.5 Å². The van der Waals surface area contributed by atoms with Gasteiger partial charge in [-0.05, 0) is 24.3 Å². The number of primary sulfonamides is 1. The third-order valence-corrected chi connectivity index (χ3v) is 4.29. The van der Waals surface area contributed by atoms with Gasteiger partial charge in [-0.1, -0.05) is 5.16 Å². The molecule has 0 atom stereocenters. The molecular weight excluding hydrogens is 394 g/mol. The Bertz CT molecular complexity index is 1100. The van der Waals surface area contributed by atoms with Crippen LogP contribution < -0.4 is 14.6 Å². The summed E-state index contributed by atoms with van der Waals surface area (Å²) in [7, 11) is -1.04. The molecule has 0 saturated carbocycles. The van der Waals surface area contributed by atoms with Crippen molar-refractivity contribution in [2.45, 2.75) is 11.7 Å². The SMILES string of the molecule is COc1ccc(-c2noc(COC(=O)c3ccc(S(N)(=O)=O)o3)n2)c(OC)c1. The van der Waals surface area contributed by atoms with E-state index in [9.17, 15) is 13.2 Å². The van der Waals surface area contributed by atoms with Gasteiger partial charge in [0.05, 0.1) is 19.8 Å². The molecule has 0 aliphatic carbocycles. The van der Waals surface area contributed by atoms with Gasteiger partial charge in [-0.3, -0.25) is 0 Å². The van der Waals surface area contributed by atoms with Crippen molar-refractivity contribution in [1.82, 2.24) is 10.1 Å². The van der Waals surface area contributed by atoms with Gasteiger partial charge < -0.3 is 23.2 Å². The van der Waals surface area contributed by atoms with Crippen molar-refractivity contribution in [3.8, 4) is 22.9 Å². The fourth-order valence-corrected chi connectivity index (χ4v) is 2.65. The van der Waals surface area contributed by atoms with Gasteiger partial charge in [-0.2, -0.15) is 4.98 Å². The molecule has 12 heteroatoms. The van der Waals surface area contributed by atoms with E-state index in [4.69, 9.17) is 28.3 Å². The van der Waals surface area contributed by atoms with E-state index in [1.165, 1.54) is 14.2 Å². The van der Waals surface area contributed by atoms with Crippen LogP contribution in [-0.2, 0) is 21.4 Å². The molecule has 0 fully saturated rings. The van der Waals surface area contributed by atoms with E-state index < -0.39 is 21.1 Å². The minimum Gasteiger partial charge on any atom is -0.497 e. The minimum absolute atomic E-state index is 0.0134. The Kier molecular flexibility index (Phi) is 5.33. The number of rotatable bonds is 7. The summed E-state index contributed by atoms with van der Waals surface area (Å²) >= 11 is 0. The summed E-state index contributed by atoms with van der Waals surface area (Å²) in [6.07, 6.45) is 0. The Morgan fingerprint density at radius 1 is 1.18 bits per heavy atom. The van der Waals surface area contributed by atoms with Crippen LogP contribution >= 0.6 is 0 Å². The molecule has 0 aliphatic rings. The number of benzene rings is 1. The van der Waals surface area contributed by atoms with E-state index >= 15 is 0 Å². The van der Waals surface area contributed by atoms with E-state index in [1.807, 2.05) is 0 Å². The lowest BCUT2D eigenvalue weighted by molar-refractivity contribution is 0.0388. The van der Waals surface area contributed by atoms with Crippen LogP contribution in [-0.4, -0.2) is 38.7 Å². The Hall–Kier alpha value is -3.38. The van der Waals surface area contributed by atoms with E-state index in [-0.39, 0.29) is 24.1 Å². The summed E-state index contributed by atoms with van der Waals surface area (Å²) < 4.78 is 47.6. The Balaban J connectivity index is 1.70. The van der Waals surface area contributed by atoms with Crippen LogP contribution in [0.4, 0.5) is 0 Å². The average molecular weight is 409 g/mol. The molecule has 2 aromatic heterocycles. The number of hydrogen-bond donors (Lipinski definition) is 1. The minimum atomic E-state index is -4.06. The molecule has 1 aromatic carbocycles. The van der Waals surface area contributed by atoms with Gasteiger partial charge in [0.2, 0.25) is 16.7 Å². The molecule has 0 saturated heterocycles. The molecule has 0 amide bonds. The normalized spacial score (nSPS) is 11.2. The first-order valence-electron chi connectivity index (χ1n) is 7.66. The second kappa shape index (κ2) is 7.70. The molecule has 2 heterocycles. The standard InChI is InChI=1S/C16H15N3O8S/c1-23-9-3-4-10(12(7-9)24-2)15-18-13(27-19-15)8-25-16(20)11-5-6-14(26-11)28(17,21)22/h3-7H,8H2,1-2H3,(H2,17,21,22). The molecule has 11 nitrogen and oxygen atoms in total. The largest absolute Gasteiger partial charge is 0.497 e. The van der Waals surface area contributed by atoms with E-state index in [0.29, 0.717) is 17.1 Å². The van der Waals surface area contributed by atoms with E-state index in [2.05, 4.69) is 10.1 Å². The molecule has 3 rings (SSSR count). The second-order valence-corrected chi connectivity index (χ2v) is 6.81. The lowest BCUT2D eigenvalue weighted by Gasteiger charge is -2.07. The predicted molar refractivity (Wildman–Crippen MR) is 92.0 cm³/mol. The fraction of sp³-hybridized carbons (Fsp3) is 0.188. The molecule has 0 unspecified atom stereocenters. The first-order valence-corrected chi connectivity index (χ1v) is 9.21. The van der Waals surface area contributed by atoms with Crippen molar-refractivity contribution < 1.29 is 36.4 Å². The fourth-order valence-electron chi connectivity index (χ4n) is 2.19. The number of methoxy groups -OCH3 is 2. The van der Waals surface area contributed by atoms with Crippen LogP contribution in [0, 0.1) is 0 Å². The third kappa shape index (κ3) is 4.13. The molecule has 0 spiro atoms. The molecule has 2 N–H and O–H groups in total.